The quantitative estimate of drug-likeness (QED) is 0.797. The van der Waals surface area contributed by atoms with Gasteiger partial charge in [-0.25, -0.2) is 0 Å². The summed E-state index contributed by atoms with van der Waals surface area (Å²) in [5.74, 6) is 1.63. The van der Waals surface area contributed by atoms with Crippen molar-refractivity contribution in [3.8, 4) is 11.5 Å². The smallest absolute Gasteiger partial charge is 0.314 e. The Labute approximate surface area is 153 Å². The highest BCUT2D eigenvalue weighted by atomic mass is 16.5. The van der Waals surface area contributed by atoms with E-state index >= 15 is 0 Å². The summed E-state index contributed by atoms with van der Waals surface area (Å²) >= 11 is 0. The SMILES string of the molecule is CCOC(=O)[C@]12CCCN[C@@H]1CCN(Cc1ccc(-c3ccn[nH]3)o1)C2. The van der Waals surface area contributed by atoms with Gasteiger partial charge in [0.05, 0.1) is 18.6 Å². The molecular weight excluding hydrogens is 332 g/mol. The van der Waals surface area contributed by atoms with E-state index < -0.39 is 5.41 Å². The van der Waals surface area contributed by atoms with Crippen molar-refractivity contribution in [3.63, 3.8) is 0 Å². The van der Waals surface area contributed by atoms with Gasteiger partial charge in [-0.1, -0.05) is 0 Å². The molecule has 0 unspecified atom stereocenters. The number of fused-ring (bicyclic) bond motifs is 1. The molecule has 0 spiro atoms. The molecule has 2 saturated heterocycles. The van der Waals surface area contributed by atoms with Crippen LogP contribution >= 0.6 is 0 Å². The fraction of sp³-hybridized carbons (Fsp3) is 0.579. The number of ether oxygens (including phenoxy) is 1. The van der Waals surface area contributed by atoms with Crippen molar-refractivity contribution in [2.75, 3.05) is 26.2 Å². The molecule has 0 amide bonds. The van der Waals surface area contributed by atoms with Gasteiger partial charge in [0.25, 0.3) is 0 Å². The van der Waals surface area contributed by atoms with Crippen LogP contribution in [-0.2, 0) is 16.1 Å². The summed E-state index contributed by atoms with van der Waals surface area (Å²) < 4.78 is 11.4. The Balaban J connectivity index is 1.49. The fourth-order valence-electron chi connectivity index (χ4n) is 4.35. The lowest BCUT2D eigenvalue weighted by Crippen LogP contribution is -2.63. The second kappa shape index (κ2) is 7.25. The largest absolute Gasteiger partial charge is 0.465 e. The number of furan rings is 1. The van der Waals surface area contributed by atoms with E-state index in [0.717, 1.165) is 49.6 Å². The normalized spacial score (nSPS) is 26.4. The monoisotopic (exact) mass is 358 g/mol. The van der Waals surface area contributed by atoms with Crippen molar-refractivity contribution in [2.45, 2.75) is 38.8 Å². The Morgan fingerprint density at radius 2 is 2.38 bits per heavy atom. The third-order valence-electron chi connectivity index (χ3n) is 5.59. The highest BCUT2D eigenvalue weighted by Gasteiger charge is 2.51. The zero-order valence-electron chi connectivity index (χ0n) is 15.2. The average Bonchev–Trinajstić information content (AvgIpc) is 3.33. The second-order valence-electron chi connectivity index (χ2n) is 7.22. The summed E-state index contributed by atoms with van der Waals surface area (Å²) in [6.07, 6.45) is 4.56. The van der Waals surface area contributed by atoms with E-state index in [4.69, 9.17) is 9.15 Å². The molecule has 26 heavy (non-hydrogen) atoms. The Kier molecular flexibility index (Phi) is 4.82. The molecule has 2 aliphatic heterocycles. The Bertz CT molecular complexity index is 742. The summed E-state index contributed by atoms with van der Waals surface area (Å²) in [6, 6.07) is 6.05. The van der Waals surface area contributed by atoms with Crippen LogP contribution in [0.3, 0.4) is 0 Å². The number of carbonyl (C=O) groups excluding carboxylic acids is 1. The van der Waals surface area contributed by atoms with E-state index in [9.17, 15) is 4.79 Å². The number of piperidine rings is 2. The molecule has 0 aliphatic carbocycles. The second-order valence-corrected chi connectivity index (χ2v) is 7.22. The number of aromatic amines is 1. The van der Waals surface area contributed by atoms with E-state index in [-0.39, 0.29) is 12.0 Å². The van der Waals surface area contributed by atoms with Crippen LogP contribution < -0.4 is 5.32 Å². The van der Waals surface area contributed by atoms with Crippen molar-refractivity contribution < 1.29 is 13.9 Å². The van der Waals surface area contributed by atoms with Crippen molar-refractivity contribution in [1.29, 1.82) is 0 Å². The molecule has 7 heteroatoms. The number of H-pyrrole nitrogens is 1. The molecule has 2 atom stereocenters. The molecular formula is C19H26N4O3. The van der Waals surface area contributed by atoms with Crippen molar-refractivity contribution >= 4 is 5.97 Å². The summed E-state index contributed by atoms with van der Waals surface area (Å²) in [7, 11) is 0. The number of carbonyl (C=O) groups is 1. The van der Waals surface area contributed by atoms with Gasteiger partial charge >= 0.3 is 5.97 Å². The predicted molar refractivity (Wildman–Crippen MR) is 96.3 cm³/mol. The number of hydrogen-bond acceptors (Lipinski definition) is 6. The lowest BCUT2D eigenvalue weighted by atomic mass is 9.70. The zero-order chi connectivity index (χ0) is 18.0. The van der Waals surface area contributed by atoms with Crippen LogP contribution in [-0.4, -0.2) is 53.3 Å². The van der Waals surface area contributed by atoms with Crippen LogP contribution in [0.2, 0.25) is 0 Å². The van der Waals surface area contributed by atoms with Gasteiger partial charge in [-0.2, -0.15) is 5.10 Å². The molecule has 2 aromatic rings. The van der Waals surface area contributed by atoms with Gasteiger partial charge in [0.2, 0.25) is 0 Å². The van der Waals surface area contributed by atoms with Crippen molar-refractivity contribution in [1.82, 2.24) is 20.4 Å². The number of rotatable bonds is 5. The number of hydrogen-bond donors (Lipinski definition) is 2. The number of nitrogens with one attached hydrogen (secondary N) is 2. The average molecular weight is 358 g/mol. The van der Waals surface area contributed by atoms with E-state index in [2.05, 4.69) is 20.4 Å². The first-order valence-corrected chi connectivity index (χ1v) is 9.43. The van der Waals surface area contributed by atoms with Crippen molar-refractivity contribution in [3.05, 3.63) is 30.2 Å². The third kappa shape index (κ3) is 3.17. The summed E-state index contributed by atoms with van der Waals surface area (Å²) in [4.78, 5) is 15.1. The lowest BCUT2D eigenvalue weighted by Gasteiger charge is -2.49. The minimum Gasteiger partial charge on any atom is -0.465 e. The van der Waals surface area contributed by atoms with Gasteiger partial charge in [0.1, 0.15) is 11.5 Å². The first-order chi connectivity index (χ1) is 12.7. The molecule has 4 heterocycles. The molecule has 2 N–H and O–H groups in total. The van der Waals surface area contributed by atoms with E-state index in [0.29, 0.717) is 19.7 Å². The first-order valence-electron chi connectivity index (χ1n) is 9.43. The van der Waals surface area contributed by atoms with Crippen LogP contribution in [0.25, 0.3) is 11.5 Å². The van der Waals surface area contributed by atoms with Gasteiger partial charge in [-0.05, 0) is 50.9 Å². The molecule has 0 bridgehead atoms. The van der Waals surface area contributed by atoms with Crippen LogP contribution in [0.15, 0.2) is 28.8 Å². The molecule has 0 aromatic carbocycles. The standard InChI is InChI=1S/C19H26N4O3/c1-2-25-18(24)19-8-3-9-20-17(19)7-11-23(13-19)12-14-4-5-16(26-14)15-6-10-21-22-15/h4-6,10,17,20H,2-3,7-9,11-13H2,1H3,(H,21,22)/t17-,19+/m1/s1. The Morgan fingerprint density at radius 3 is 3.19 bits per heavy atom. The number of nitrogens with zero attached hydrogens (tertiary/aromatic N) is 2. The number of likely N-dealkylation sites (tertiary alicyclic amines) is 1. The van der Waals surface area contributed by atoms with Crippen LogP contribution in [0, 0.1) is 5.41 Å². The van der Waals surface area contributed by atoms with Crippen LogP contribution in [0.5, 0.6) is 0 Å². The van der Waals surface area contributed by atoms with E-state index in [1.807, 2.05) is 25.1 Å². The van der Waals surface area contributed by atoms with Crippen molar-refractivity contribution in [2.24, 2.45) is 5.41 Å². The minimum absolute atomic E-state index is 0.0560. The zero-order valence-corrected chi connectivity index (χ0v) is 15.2. The Hall–Kier alpha value is -2.12. The third-order valence-corrected chi connectivity index (χ3v) is 5.59. The van der Waals surface area contributed by atoms with Gasteiger partial charge in [0, 0.05) is 25.3 Å². The van der Waals surface area contributed by atoms with E-state index in [1.165, 1.54) is 0 Å². The molecule has 7 nitrogen and oxygen atoms in total. The maximum absolute atomic E-state index is 12.8. The maximum atomic E-state index is 12.8. The number of aromatic nitrogens is 2. The summed E-state index contributed by atoms with van der Waals surface area (Å²) in [6.45, 7) is 5.64. The fourth-order valence-corrected chi connectivity index (χ4v) is 4.35. The van der Waals surface area contributed by atoms with Gasteiger partial charge in [-0.3, -0.25) is 14.8 Å². The van der Waals surface area contributed by atoms with E-state index in [1.54, 1.807) is 6.20 Å². The van der Waals surface area contributed by atoms with Crippen LogP contribution in [0.1, 0.15) is 31.9 Å². The first kappa shape index (κ1) is 17.3. The molecule has 0 saturated carbocycles. The van der Waals surface area contributed by atoms with Gasteiger partial charge in [-0.15, -0.1) is 0 Å². The summed E-state index contributed by atoms with van der Waals surface area (Å²) in [5.41, 5.74) is 0.431. The molecule has 140 valence electrons. The minimum atomic E-state index is -0.439. The highest BCUT2D eigenvalue weighted by Crippen LogP contribution is 2.39. The topological polar surface area (TPSA) is 83.4 Å². The highest BCUT2D eigenvalue weighted by molar-refractivity contribution is 5.78. The molecule has 2 aliphatic rings. The Morgan fingerprint density at radius 1 is 1.46 bits per heavy atom. The molecule has 4 rings (SSSR count). The predicted octanol–water partition coefficient (Wildman–Crippen LogP) is 2.18. The summed E-state index contributed by atoms with van der Waals surface area (Å²) in [5, 5.41) is 10.4. The molecule has 2 aromatic heterocycles. The lowest BCUT2D eigenvalue weighted by molar-refractivity contribution is -0.164. The van der Waals surface area contributed by atoms with Crippen LogP contribution in [0.4, 0.5) is 0 Å². The van der Waals surface area contributed by atoms with Gasteiger partial charge in [0.15, 0.2) is 5.76 Å². The maximum Gasteiger partial charge on any atom is 0.314 e. The number of esters is 1. The van der Waals surface area contributed by atoms with Gasteiger partial charge < -0.3 is 14.5 Å². The molecule has 2 fully saturated rings. The molecule has 0 radical (unpaired) electrons.